The number of allylic oxidation sites excluding steroid dienone is 2. The number of carbonyl (C=O) groups excluding carboxylic acids is 4. The highest BCUT2D eigenvalue weighted by molar-refractivity contribution is 6.07. The maximum absolute atomic E-state index is 13.7. The summed E-state index contributed by atoms with van der Waals surface area (Å²) in [5, 5.41) is 27.4. The smallest absolute Gasteiger partial charge is 0.268 e. The SMILES string of the molecule is N#CC1CC(F)(F)CN1C(=O)CNC(=O)c1ccnc2ccc(C3=CC(CCNC(=O)CNC=O)C(O)C=C3)cc12. The molecule has 0 spiro atoms. The highest BCUT2D eigenvalue weighted by atomic mass is 19.3. The number of rotatable bonds is 10. The second kappa shape index (κ2) is 12.6. The van der Waals surface area contributed by atoms with Crippen molar-refractivity contribution in [1.29, 1.82) is 5.26 Å². The van der Waals surface area contributed by atoms with E-state index < -0.39 is 49.4 Å². The van der Waals surface area contributed by atoms with Crippen LogP contribution in [0.1, 0.15) is 28.8 Å². The molecule has 4 N–H and O–H groups in total. The molecule has 2 aliphatic rings. The van der Waals surface area contributed by atoms with Crippen molar-refractivity contribution in [2.24, 2.45) is 5.92 Å². The molecule has 1 aliphatic heterocycles. The van der Waals surface area contributed by atoms with Gasteiger partial charge >= 0.3 is 0 Å². The lowest BCUT2D eigenvalue weighted by Gasteiger charge is -2.23. The largest absolute Gasteiger partial charge is 0.388 e. The predicted octanol–water partition coefficient (Wildman–Crippen LogP) is 0.907. The fraction of sp³-hybridized carbons (Fsp3) is 0.357. The van der Waals surface area contributed by atoms with Gasteiger partial charge in [-0.05, 0) is 35.8 Å². The number of aliphatic hydroxyl groups excluding tert-OH is 1. The molecule has 2 heterocycles. The minimum atomic E-state index is -3.16. The molecule has 1 aromatic carbocycles. The average Bonchev–Trinajstić information content (AvgIpc) is 3.29. The van der Waals surface area contributed by atoms with Crippen LogP contribution >= 0.6 is 0 Å². The molecule has 2 aromatic rings. The van der Waals surface area contributed by atoms with Crippen LogP contribution < -0.4 is 16.0 Å². The fourth-order valence-corrected chi connectivity index (χ4v) is 4.82. The van der Waals surface area contributed by atoms with Gasteiger partial charge in [0.05, 0.1) is 42.9 Å². The van der Waals surface area contributed by atoms with Crippen molar-refractivity contribution in [2.75, 3.05) is 26.2 Å². The lowest BCUT2D eigenvalue weighted by molar-refractivity contribution is -0.131. The van der Waals surface area contributed by atoms with Crippen LogP contribution in [0.2, 0.25) is 0 Å². The topological polar surface area (TPSA) is 165 Å². The van der Waals surface area contributed by atoms with E-state index in [1.807, 2.05) is 12.1 Å². The van der Waals surface area contributed by atoms with Crippen LogP contribution in [0, 0.1) is 17.2 Å². The zero-order valence-corrected chi connectivity index (χ0v) is 21.8. The van der Waals surface area contributed by atoms with Gasteiger partial charge in [-0.2, -0.15) is 5.26 Å². The van der Waals surface area contributed by atoms with E-state index in [0.29, 0.717) is 23.7 Å². The zero-order valence-electron chi connectivity index (χ0n) is 21.8. The Balaban J connectivity index is 1.47. The Bertz CT molecular complexity index is 1450. The standard InChI is InChI=1S/C28H28F2N6O5/c29-28(30)11-20(12-31)36(15-28)26(40)14-35-27(41)21-6-8-33-23-3-1-18(10-22(21)23)17-2-4-24(38)19(9-17)5-7-34-25(39)13-32-16-37/h1-4,6,8-10,16,19-20,24,38H,5,7,11,13-15H2,(H,32,37)(H,34,39)(H,35,41). The Morgan fingerprint density at radius 3 is 2.78 bits per heavy atom. The second-order valence-electron chi connectivity index (χ2n) is 9.77. The number of carbonyl (C=O) groups is 4. The van der Waals surface area contributed by atoms with Gasteiger partial charge in [0.2, 0.25) is 18.2 Å². The third-order valence-electron chi connectivity index (χ3n) is 6.91. The Morgan fingerprint density at radius 1 is 1.22 bits per heavy atom. The van der Waals surface area contributed by atoms with Gasteiger partial charge in [0.15, 0.2) is 0 Å². The van der Waals surface area contributed by atoms with Crippen LogP contribution in [0.4, 0.5) is 8.78 Å². The van der Waals surface area contributed by atoms with Gasteiger partial charge in [-0.3, -0.25) is 24.2 Å². The van der Waals surface area contributed by atoms with Gasteiger partial charge in [0.1, 0.15) is 6.04 Å². The molecule has 0 bridgehead atoms. The molecule has 4 rings (SSSR count). The molecule has 13 heteroatoms. The number of aliphatic hydroxyl groups is 1. The van der Waals surface area contributed by atoms with Gasteiger partial charge in [0, 0.05) is 30.5 Å². The van der Waals surface area contributed by atoms with Crippen molar-refractivity contribution >= 4 is 40.6 Å². The number of hydrogen-bond acceptors (Lipinski definition) is 7. The first-order chi connectivity index (χ1) is 19.6. The predicted molar refractivity (Wildman–Crippen MR) is 143 cm³/mol. The van der Waals surface area contributed by atoms with Crippen molar-refractivity contribution in [3.8, 4) is 6.07 Å². The van der Waals surface area contributed by atoms with Crippen LogP contribution in [0.15, 0.2) is 48.7 Å². The Morgan fingerprint density at radius 2 is 2.02 bits per heavy atom. The number of alkyl halides is 2. The molecule has 1 fully saturated rings. The molecule has 1 aromatic heterocycles. The van der Waals surface area contributed by atoms with Gasteiger partial charge in [0.25, 0.3) is 11.8 Å². The monoisotopic (exact) mass is 566 g/mol. The van der Waals surface area contributed by atoms with E-state index >= 15 is 0 Å². The average molecular weight is 567 g/mol. The number of halogens is 2. The third kappa shape index (κ3) is 7.09. The van der Waals surface area contributed by atoms with Gasteiger partial charge < -0.3 is 26.0 Å². The summed E-state index contributed by atoms with van der Waals surface area (Å²) < 4.78 is 27.4. The summed E-state index contributed by atoms with van der Waals surface area (Å²) in [6, 6.07) is 7.22. The zero-order chi connectivity index (χ0) is 29.6. The maximum Gasteiger partial charge on any atom is 0.268 e. The molecule has 1 aliphatic carbocycles. The maximum atomic E-state index is 13.7. The van der Waals surface area contributed by atoms with E-state index in [-0.39, 0.29) is 30.5 Å². The van der Waals surface area contributed by atoms with E-state index in [9.17, 15) is 33.1 Å². The van der Waals surface area contributed by atoms with E-state index in [0.717, 1.165) is 16.0 Å². The molecule has 11 nitrogen and oxygen atoms in total. The summed E-state index contributed by atoms with van der Waals surface area (Å²) in [4.78, 5) is 52.6. The molecule has 0 saturated carbocycles. The minimum absolute atomic E-state index is 0.137. The Kier molecular flexibility index (Phi) is 9.04. The summed E-state index contributed by atoms with van der Waals surface area (Å²) in [6.45, 7) is -1.27. The second-order valence-corrected chi connectivity index (χ2v) is 9.77. The van der Waals surface area contributed by atoms with Crippen LogP contribution in [0.3, 0.4) is 0 Å². The van der Waals surface area contributed by atoms with Crippen LogP contribution in [-0.2, 0) is 14.4 Å². The molecule has 3 atom stereocenters. The Labute approximate surface area is 233 Å². The van der Waals surface area contributed by atoms with E-state index in [1.165, 1.54) is 12.3 Å². The van der Waals surface area contributed by atoms with Gasteiger partial charge in [-0.25, -0.2) is 8.78 Å². The van der Waals surface area contributed by atoms with E-state index in [2.05, 4.69) is 20.9 Å². The van der Waals surface area contributed by atoms with Gasteiger partial charge in [-0.15, -0.1) is 0 Å². The summed E-state index contributed by atoms with van der Waals surface area (Å²) in [6.07, 6.45) is 6.07. The minimum Gasteiger partial charge on any atom is -0.388 e. The number of benzene rings is 1. The van der Waals surface area contributed by atoms with Crippen molar-refractivity contribution in [3.05, 3.63) is 59.8 Å². The van der Waals surface area contributed by atoms with E-state index in [1.54, 1.807) is 30.4 Å². The van der Waals surface area contributed by atoms with E-state index in [4.69, 9.17) is 5.26 Å². The number of likely N-dealkylation sites (tertiary alicyclic amines) is 1. The summed E-state index contributed by atoms with van der Waals surface area (Å²) in [7, 11) is 0. The Hall–Kier alpha value is -4.70. The fourth-order valence-electron chi connectivity index (χ4n) is 4.82. The normalized spacial score (nSPS) is 21.1. The van der Waals surface area contributed by atoms with Crippen LogP contribution in [0.5, 0.6) is 0 Å². The number of aromatic nitrogens is 1. The van der Waals surface area contributed by atoms with Gasteiger partial charge in [-0.1, -0.05) is 24.3 Å². The van der Waals surface area contributed by atoms with Crippen molar-refractivity contribution in [3.63, 3.8) is 0 Å². The lowest BCUT2D eigenvalue weighted by atomic mass is 9.87. The molecule has 214 valence electrons. The first-order valence-corrected chi connectivity index (χ1v) is 12.9. The quantitative estimate of drug-likeness (QED) is 0.311. The molecule has 41 heavy (non-hydrogen) atoms. The first-order valence-electron chi connectivity index (χ1n) is 12.9. The molecule has 4 amide bonds. The van der Waals surface area contributed by atoms with Crippen molar-refractivity contribution in [2.45, 2.75) is 30.9 Å². The number of nitrogens with zero attached hydrogens (tertiary/aromatic N) is 3. The first kappa shape index (κ1) is 29.3. The summed E-state index contributed by atoms with van der Waals surface area (Å²) in [5.74, 6) is -5.19. The lowest BCUT2D eigenvalue weighted by Crippen LogP contribution is -2.43. The van der Waals surface area contributed by atoms with Crippen LogP contribution in [0.25, 0.3) is 16.5 Å². The number of nitrogens with one attached hydrogen (secondary N) is 3. The summed E-state index contributed by atoms with van der Waals surface area (Å²) >= 11 is 0. The number of pyridine rings is 1. The molecular weight excluding hydrogens is 538 g/mol. The van der Waals surface area contributed by atoms with Crippen molar-refractivity contribution < 1.29 is 33.1 Å². The summed E-state index contributed by atoms with van der Waals surface area (Å²) in [5.41, 5.74) is 2.25. The number of hydrogen-bond donors (Lipinski definition) is 4. The number of amides is 4. The van der Waals surface area contributed by atoms with Crippen LogP contribution in [-0.4, -0.2) is 83.4 Å². The molecular formula is C28H28F2N6O5. The molecule has 3 unspecified atom stereocenters. The third-order valence-corrected chi connectivity index (χ3v) is 6.91. The number of nitriles is 1. The molecule has 1 saturated heterocycles. The highest BCUT2D eigenvalue weighted by Gasteiger charge is 2.47. The number of fused-ring (bicyclic) bond motifs is 1. The highest BCUT2D eigenvalue weighted by Crippen LogP contribution is 2.32. The van der Waals surface area contributed by atoms with Crippen molar-refractivity contribution in [1.82, 2.24) is 25.8 Å². The molecule has 0 radical (unpaired) electrons.